The lowest BCUT2D eigenvalue weighted by Gasteiger charge is -2.36. The summed E-state index contributed by atoms with van der Waals surface area (Å²) in [4.78, 5) is 67.3. The van der Waals surface area contributed by atoms with E-state index in [1.807, 2.05) is 75.4 Å². The fraction of sp³-hybridized carbons (Fsp3) is 0.324. The average molecular weight is 654 g/mol. The van der Waals surface area contributed by atoms with E-state index in [0.29, 0.717) is 36.2 Å². The minimum absolute atomic E-state index is 0.143. The third kappa shape index (κ3) is 6.80. The zero-order valence-corrected chi connectivity index (χ0v) is 27.3. The van der Waals surface area contributed by atoms with E-state index in [1.165, 1.54) is 18.2 Å². The molecule has 11 nitrogen and oxygen atoms in total. The molecule has 3 aromatic carbocycles. The number of likely N-dealkylation sites (tertiary alicyclic amines) is 1. The number of nitrogens with zero attached hydrogens (tertiary/aromatic N) is 2. The fourth-order valence-corrected chi connectivity index (χ4v) is 6.09. The van der Waals surface area contributed by atoms with Gasteiger partial charge in [0.25, 0.3) is 0 Å². The summed E-state index contributed by atoms with van der Waals surface area (Å²) in [6.07, 6.45) is 3.53. The molecule has 0 saturated carbocycles. The predicted molar refractivity (Wildman–Crippen MR) is 179 cm³/mol. The Morgan fingerprint density at radius 2 is 1.60 bits per heavy atom. The zero-order chi connectivity index (χ0) is 34.8. The summed E-state index contributed by atoms with van der Waals surface area (Å²) in [5, 5.41) is 21.8. The first-order valence-corrected chi connectivity index (χ1v) is 15.7. The topological polar surface area (TPSA) is 154 Å². The SMILES string of the molecule is CN(C(=O)C1CCCN1C(=O)C(NC(=O)/C=C/c1ccc2c(c1)CC(C(=O)O)(C(=O)O)O2)C(C)(C)C)c1ccc(-c2ccccc2)cc1. The van der Waals surface area contributed by atoms with Crippen LogP contribution in [0.4, 0.5) is 5.69 Å². The van der Waals surface area contributed by atoms with Crippen molar-refractivity contribution in [3.05, 3.63) is 90.0 Å². The number of hydrogen-bond donors (Lipinski definition) is 3. The molecule has 2 heterocycles. The standard InChI is InChI=1S/C37H39N3O8/c1-36(2,3)31(38-30(41)19-13-23-12-18-29-26(21-23)22-37(48-29,34(44)45)35(46)47)33(43)40-20-8-11-28(40)32(42)39(4)27-16-14-25(15-17-27)24-9-6-5-7-10-24/h5-7,9-10,12-19,21,28,31H,8,11,20,22H2,1-4H3,(H,38,41)(H,44,45)(H,46,47)/b19-13+. The maximum absolute atomic E-state index is 14.0. The first kappa shape index (κ1) is 33.9. The first-order chi connectivity index (χ1) is 22.7. The zero-order valence-electron chi connectivity index (χ0n) is 27.3. The number of ether oxygens (including phenoxy) is 1. The van der Waals surface area contributed by atoms with Crippen LogP contribution in [0.2, 0.25) is 0 Å². The van der Waals surface area contributed by atoms with Crippen molar-refractivity contribution >= 4 is 41.4 Å². The molecule has 2 aliphatic rings. The summed E-state index contributed by atoms with van der Waals surface area (Å²) in [7, 11) is 1.70. The van der Waals surface area contributed by atoms with Crippen LogP contribution in [-0.2, 0) is 30.4 Å². The first-order valence-electron chi connectivity index (χ1n) is 15.7. The van der Waals surface area contributed by atoms with Crippen LogP contribution in [0.15, 0.2) is 78.9 Å². The van der Waals surface area contributed by atoms with E-state index in [-0.39, 0.29) is 24.0 Å². The highest BCUT2D eigenvalue weighted by atomic mass is 16.6. The molecule has 3 aromatic rings. The van der Waals surface area contributed by atoms with Crippen LogP contribution in [0.1, 0.15) is 44.7 Å². The van der Waals surface area contributed by atoms with Crippen LogP contribution in [-0.4, -0.2) is 76.1 Å². The summed E-state index contributed by atoms with van der Waals surface area (Å²) in [5.74, 6) is -4.16. The third-order valence-corrected chi connectivity index (χ3v) is 8.84. The van der Waals surface area contributed by atoms with E-state index in [2.05, 4.69) is 5.32 Å². The van der Waals surface area contributed by atoms with E-state index in [9.17, 15) is 34.2 Å². The lowest BCUT2D eigenvalue weighted by atomic mass is 9.85. The Kier molecular flexibility index (Phi) is 9.43. The highest BCUT2D eigenvalue weighted by molar-refractivity contribution is 6.04. The van der Waals surface area contributed by atoms with Crippen LogP contribution in [0.25, 0.3) is 17.2 Å². The summed E-state index contributed by atoms with van der Waals surface area (Å²) in [6, 6.07) is 20.6. The normalized spacial score (nSPS) is 17.3. The van der Waals surface area contributed by atoms with Gasteiger partial charge in [-0.25, -0.2) is 9.59 Å². The van der Waals surface area contributed by atoms with Crippen molar-refractivity contribution in [2.75, 3.05) is 18.5 Å². The molecule has 0 radical (unpaired) electrons. The van der Waals surface area contributed by atoms with Crippen LogP contribution in [0, 0.1) is 5.41 Å². The number of rotatable bonds is 9. The molecule has 1 saturated heterocycles. The maximum Gasteiger partial charge on any atom is 0.360 e. The van der Waals surface area contributed by atoms with Gasteiger partial charge in [-0.05, 0) is 65.3 Å². The number of nitrogens with one attached hydrogen (secondary N) is 1. The average Bonchev–Trinajstić information content (AvgIpc) is 3.71. The Morgan fingerprint density at radius 3 is 2.23 bits per heavy atom. The molecule has 11 heteroatoms. The van der Waals surface area contributed by atoms with Crippen LogP contribution < -0.4 is 15.0 Å². The minimum Gasteiger partial charge on any atom is -0.478 e. The molecule has 0 spiro atoms. The van der Waals surface area contributed by atoms with Crippen LogP contribution in [0.3, 0.4) is 0 Å². The Bertz CT molecular complexity index is 1750. The molecule has 2 atom stereocenters. The van der Waals surface area contributed by atoms with Gasteiger partial charge in [-0.3, -0.25) is 14.4 Å². The van der Waals surface area contributed by atoms with Crippen molar-refractivity contribution in [2.24, 2.45) is 5.41 Å². The van der Waals surface area contributed by atoms with Crippen molar-refractivity contribution in [3.63, 3.8) is 0 Å². The highest BCUT2D eigenvalue weighted by Crippen LogP contribution is 2.37. The molecule has 2 aliphatic heterocycles. The van der Waals surface area contributed by atoms with Gasteiger partial charge in [0, 0.05) is 37.3 Å². The molecule has 3 amide bonds. The van der Waals surface area contributed by atoms with Crippen LogP contribution >= 0.6 is 0 Å². The molecule has 0 aromatic heterocycles. The summed E-state index contributed by atoms with van der Waals surface area (Å²) in [5.41, 5.74) is 0.616. The monoisotopic (exact) mass is 653 g/mol. The maximum atomic E-state index is 14.0. The summed E-state index contributed by atoms with van der Waals surface area (Å²) < 4.78 is 5.28. The lowest BCUT2D eigenvalue weighted by molar-refractivity contribution is -0.170. The molecule has 48 heavy (non-hydrogen) atoms. The van der Waals surface area contributed by atoms with E-state index < -0.39 is 40.9 Å². The summed E-state index contributed by atoms with van der Waals surface area (Å²) in [6.45, 7) is 5.90. The van der Waals surface area contributed by atoms with Gasteiger partial charge in [-0.15, -0.1) is 0 Å². The van der Waals surface area contributed by atoms with Crippen molar-refractivity contribution in [2.45, 2.75) is 57.7 Å². The minimum atomic E-state index is -2.40. The van der Waals surface area contributed by atoms with Gasteiger partial charge in [-0.2, -0.15) is 0 Å². The molecular formula is C37H39N3O8. The Morgan fingerprint density at radius 1 is 0.958 bits per heavy atom. The largest absolute Gasteiger partial charge is 0.478 e. The molecule has 0 bridgehead atoms. The van der Waals surface area contributed by atoms with Crippen molar-refractivity contribution in [1.29, 1.82) is 0 Å². The molecular weight excluding hydrogens is 614 g/mol. The highest BCUT2D eigenvalue weighted by Gasteiger charge is 2.54. The number of carbonyl (C=O) groups is 5. The second kappa shape index (κ2) is 13.3. The molecule has 3 N–H and O–H groups in total. The number of hydrogen-bond acceptors (Lipinski definition) is 6. The second-order valence-electron chi connectivity index (χ2n) is 13.2. The van der Waals surface area contributed by atoms with Crippen molar-refractivity contribution in [1.82, 2.24) is 10.2 Å². The second-order valence-corrected chi connectivity index (χ2v) is 13.2. The van der Waals surface area contributed by atoms with E-state index in [0.717, 1.165) is 11.1 Å². The number of likely N-dealkylation sites (N-methyl/N-ethyl adjacent to an activating group) is 1. The van der Waals surface area contributed by atoms with Crippen molar-refractivity contribution in [3.8, 4) is 16.9 Å². The lowest BCUT2D eigenvalue weighted by Crippen LogP contribution is -2.57. The van der Waals surface area contributed by atoms with Gasteiger partial charge < -0.3 is 30.1 Å². The van der Waals surface area contributed by atoms with Gasteiger partial charge in [-0.1, -0.05) is 69.3 Å². The number of fused-ring (bicyclic) bond motifs is 1. The number of anilines is 1. The smallest absolute Gasteiger partial charge is 0.360 e. The van der Waals surface area contributed by atoms with E-state index >= 15 is 0 Å². The Balaban J connectivity index is 1.26. The Labute approximate surface area is 278 Å². The van der Waals surface area contributed by atoms with Gasteiger partial charge in [0.2, 0.25) is 17.7 Å². The molecule has 250 valence electrons. The molecule has 2 unspecified atom stereocenters. The van der Waals surface area contributed by atoms with E-state index in [4.69, 9.17) is 4.74 Å². The van der Waals surface area contributed by atoms with Gasteiger partial charge in [0.15, 0.2) is 0 Å². The van der Waals surface area contributed by atoms with Gasteiger partial charge >= 0.3 is 17.5 Å². The fourth-order valence-electron chi connectivity index (χ4n) is 6.09. The number of carboxylic acids is 2. The number of benzene rings is 3. The van der Waals surface area contributed by atoms with Crippen molar-refractivity contribution < 1.29 is 38.9 Å². The predicted octanol–water partition coefficient (Wildman–Crippen LogP) is 4.39. The quantitative estimate of drug-likeness (QED) is 0.227. The number of aliphatic carboxylic acids is 2. The molecule has 1 fully saturated rings. The van der Waals surface area contributed by atoms with E-state index in [1.54, 1.807) is 29.0 Å². The van der Waals surface area contributed by atoms with Gasteiger partial charge in [0.05, 0.1) is 0 Å². The number of carboxylic acid groups (broad SMARTS) is 2. The molecule has 5 rings (SSSR count). The summed E-state index contributed by atoms with van der Waals surface area (Å²) >= 11 is 0. The molecule has 0 aliphatic carbocycles. The Hall–Kier alpha value is -5.45. The third-order valence-electron chi connectivity index (χ3n) is 8.84. The van der Waals surface area contributed by atoms with Gasteiger partial charge in [0.1, 0.15) is 17.8 Å². The number of carbonyl (C=O) groups excluding carboxylic acids is 3. The van der Waals surface area contributed by atoms with Crippen LogP contribution in [0.5, 0.6) is 5.75 Å². The number of amides is 3.